The zero-order chi connectivity index (χ0) is 16.4. The van der Waals surface area contributed by atoms with Crippen LogP contribution in [0, 0.1) is 6.92 Å². The Balaban J connectivity index is 1.58. The molecule has 24 heavy (non-hydrogen) atoms. The van der Waals surface area contributed by atoms with E-state index in [2.05, 4.69) is 66.1 Å². The second kappa shape index (κ2) is 6.25. The number of hydrogen-bond donors (Lipinski definition) is 0. The van der Waals surface area contributed by atoms with E-state index < -0.39 is 0 Å². The molecular weight excluding hydrogens is 294 g/mol. The summed E-state index contributed by atoms with van der Waals surface area (Å²) in [4.78, 5) is 0. The highest BCUT2D eigenvalue weighted by molar-refractivity contribution is 5.83. The smallest absolute Gasteiger partial charge is 0.119 e. The minimum Gasteiger partial charge on any atom is -0.489 e. The van der Waals surface area contributed by atoms with Crippen molar-refractivity contribution < 1.29 is 4.74 Å². The predicted octanol–water partition coefficient (Wildman–Crippen LogP) is 5.52. The number of ether oxygens (including phenoxy) is 1. The van der Waals surface area contributed by atoms with E-state index in [-0.39, 0.29) is 0 Å². The standard InChI is InChI=1S/C22H19NO/c1-17-15-19-9-5-6-10-22(19)23(17)20-11-13-21(14-12-20)24-16-18-7-3-2-4-8-18/h2-15H,16H2,1H3. The second-order valence-electron chi connectivity index (χ2n) is 5.95. The van der Waals surface area contributed by atoms with Crippen molar-refractivity contribution in [1.82, 2.24) is 4.57 Å². The van der Waals surface area contributed by atoms with Crippen molar-refractivity contribution in [1.29, 1.82) is 0 Å². The van der Waals surface area contributed by atoms with Gasteiger partial charge in [-0.05, 0) is 48.9 Å². The van der Waals surface area contributed by atoms with E-state index in [1.54, 1.807) is 0 Å². The molecule has 1 aromatic heterocycles. The number of para-hydroxylation sites is 1. The Morgan fingerprint density at radius 1 is 0.792 bits per heavy atom. The Bertz CT molecular complexity index is 952. The molecule has 0 bridgehead atoms. The lowest BCUT2D eigenvalue weighted by atomic mass is 10.2. The van der Waals surface area contributed by atoms with Gasteiger partial charge in [-0.2, -0.15) is 0 Å². The van der Waals surface area contributed by atoms with E-state index in [0.29, 0.717) is 6.61 Å². The summed E-state index contributed by atoms with van der Waals surface area (Å²) in [5, 5.41) is 1.26. The lowest BCUT2D eigenvalue weighted by Crippen LogP contribution is -1.98. The molecule has 0 aliphatic heterocycles. The van der Waals surface area contributed by atoms with Gasteiger partial charge < -0.3 is 9.30 Å². The quantitative estimate of drug-likeness (QED) is 0.484. The fraction of sp³-hybridized carbons (Fsp3) is 0.0909. The van der Waals surface area contributed by atoms with Crippen molar-refractivity contribution in [3.63, 3.8) is 0 Å². The number of hydrogen-bond acceptors (Lipinski definition) is 1. The minimum absolute atomic E-state index is 0.589. The Hall–Kier alpha value is -3.00. The number of aryl methyl sites for hydroxylation is 1. The molecule has 0 fully saturated rings. The van der Waals surface area contributed by atoms with Gasteiger partial charge in [-0.15, -0.1) is 0 Å². The normalized spacial score (nSPS) is 10.9. The number of nitrogens with zero attached hydrogens (tertiary/aromatic N) is 1. The Morgan fingerprint density at radius 2 is 1.50 bits per heavy atom. The molecule has 0 spiro atoms. The van der Waals surface area contributed by atoms with Crippen molar-refractivity contribution in [3.05, 3.63) is 96.2 Å². The number of fused-ring (bicyclic) bond motifs is 1. The van der Waals surface area contributed by atoms with Crippen LogP contribution in [-0.4, -0.2) is 4.57 Å². The summed E-state index contributed by atoms with van der Waals surface area (Å²) in [5.41, 5.74) is 4.79. The van der Waals surface area contributed by atoms with Crippen molar-refractivity contribution in [3.8, 4) is 11.4 Å². The summed E-state index contributed by atoms with van der Waals surface area (Å²) in [7, 11) is 0. The molecule has 2 heteroatoms. The highest BCUT2D eigenvalue weighted by atomic mass is 16.5. The van der Waals surface area contributed by atoms with Crippen LogP contribution in [0.15, 0.2) is 84.9 Å². The van der Waals surface area contributed by atoms with E-state index in [1.807, 2.05) is 30.3 Å². The first-order valence-electron chi connectivity index (χ1n) is 8.15. The first-order chi connectivity index (χ1) is 11.8. The molecule has 0 aliphatic carbocycles. The molecule has 0 amide bonds. The maximum atomic E-state index is 5.87. The Kier molecular flexibility index (Phi) is 3.80. The topological polar surface area (TPSA) is 14.2 Å². The Morgan fingerprint density at radius 3 is 2.29 bits per heavy atom. The Labute approximate surface area is 141 Å². The summed E-state index contributed by atoms with van der Waals surface area (Å²) in [6.07, 6.45) is 0. The van der Waals surface area contributed by atoms with Crippen molar-refractivity contribution >= 4 is 10.9 Å². The third-order valence-corrected chi connectivity index (χ3v) is 4.24. The van der Waals surface area contributed by atoms with Gasteiger partial charge in [-0.3, -0.25) is 0 Å². The molecule has 0 aliphatic rings. The third-order valence-electron chi connectivity index (χ3n) is 4.24. The van der Waals surface area contributed by atoms with Gasteiger partial charge in [0.2, 0.25) is 0 Å². The van der Waals surface area contributed by atoms with Crippen LogP contribution in [0.4, 0.5) is 0 Å². The molecule has 4 rings (SSSR count). The molecule has 3 aromatic carbocycles. The number of benzene rings is 3. The van der Waals surface area contributed by atoms with Crippen LogP contribution < -0.4 is 4.74 Å². The number of aromatic nitrogens is 1. The highest BCUT2D eigenvalue weighted by Gasteiger charge is 2.07. The average molecular weight is 313 g/mol. The first kappa shape index (κ1) is 14.6. The van der Waals surface area contributed by atoms with Gasteiger partial charge in [-0.1, -0.05) is 48.5 Å². The maximum Gasteiger partial charge on any atom is 0.119 e. The average Bonchev–Trinajstić information content (AvgIpc) is 2.97. The molecule has 0 N–H and O–H groups in total. The van der Waals surface area contributed by atoms with E-state index in [4.69, 9.17) is 4.74 Å². The van der Waals surface area contributed by atoms with Gasteiger partial charge in [0.05, 0.1) is 5.52 Å². The summed E-state index contributed by atoms with van der Waals surface area (Å²) in [5.74, 6) is 0.886. The maximum absolute atomic E-state index is 5.87. The van der Waals surface area contributed by atoms with Crippen LogP contribution in [0.3, 0.4) is 0 Å². The molecule has 0 saturated carbocycles. The van der Waals surface area contributed by atoms with Gasteiger partial charge >= 0.3 is 0 Å². The zero-order valence-electron chi connectivity index (χ0n) is 13.6. The molecule has 0 atom stereocenters. The lowest BCUT2D eigenvalue weighted by molar-refractivity contribution is 0.306. The van der Waals surface area contributed by atoms with Gasteiger partial charge in [0, 0.05) is 16.8 Å². The van der Waals surface area contributed by atoms with Gasteiger partial charge in [0.1, 0.15) is 12.4 Å². The molecule has 0 unspecified atom stereocenters. The summed E-state index contributed by atoms with van der Waals surface area (Å²) < 4.78 is 8.15. The lowest BCUT2D eigenvalue weighted by Gasteiger charge is -2.10. The van der Waals surface area contributed by atoms with E-state index in [1.165, 1.54) is 22.2 Å². The van der Waals surface area contributed by atoms with E-state index >= 15 is 0 Å². The van der Waals surface area contributed by atoms with E-state index in [9.17, 15) is 0 Å². The van der Waals surface area contributed by atoms with Crippen LogP contribution in [0.1, 0.15) is 11.3 Å². The van der Waals surface area contributed by atoms with Crippen LogP contribution in [0.2, 0.25) is 0 Å². The predicted molar refractivity (Wildman–Crippen MR) is 98.8 cm³/mol. The van der Waals surface area contributed by atoms with Crippen LogP contribution in [0.25, 0.3) is 16.6 Å². The molecule has 4 aromatic rings. The molecular formula is C22H19NO. The molecule has 118 valence electrons. The largest absolute Gasteiger partial charge is 0.489 e. The minimum atomic E-state index is 0.589. The van der Waals surface area contributed by atoms with Crippen molar-refractivity contribution in [2.45, 2.75) is 13.5 Å². The van der Waals surface area contributed by atoms with Crippen molar-refractivity contribution in [2.75, 3.05) is 0 Å². The first-order valence-corrected chi connectivity index (χ1v) is 8.15. The fourth-order valence-corrected chi connectivity index (χ4v) is 3.07. The highest BCUT2D eigenvalue weighted by Crippen LogP contribution is 2.25. The van der Waals surface area contributed by atoms with Gasteiger partial charge in [-0.25, -0.2) is 0 Å². The van der Waals surface area contributed by atoms with Crippen LogP contribution in [0.5, 0.6) is 5.75 Å². The van der Waals surface area contributed by atoms with Crippen LogP contribution >= 0.6 is 0 Å². The molecule has 0 radical (unpaired) electrons. The summed E-state index contributed by atoms with van der Waals surface area (Å²) in [6.45, 7) is 2.73. The third kappa shape index (κ3) is 2.79. The molecule has 0 saturated heterocycles. The fourth-order valence-electron chi connectivity index (χ4n) is 3.07. The molecule has 1 heterocycles. The second-order valence-corrected chi connectivity index (χ2v) is 5.95. The summed E-state index contributed by atoms with van der Waals surface area (Å²) in [6, 6.07) is 29.2. The van der Waals surface area contributed by atoms with Gasteiger partial charge in [0.15, 0.2) is 0 Å². The van der Waals surface area contributed by atoms with Gasteiger partial charge in [0.25, 0.3) is 0 Å². The summed E-state index contributed by atoms with van der Waals surface area (Å²) >= 11 is 0. The monoisotopic (exact) mass is 313 g/mol. The SMILES string of the molecule is Cc1cc2ccccc2n1-c1ccc(OCc2ccccc2)cc1. The number of rotatable bonds is 4. The van der Waals surface area contributed by atoms with E-state index in [0.717, 1.165) is 11.4 Å². The zero-order valence-corrected chi connectivity index (χ0v) is 13.6. The molecule has 2 nitrogen and oxygen atoms in total. The van der Waals surface area contributed by atoms with Crippen molar-refractivity contribution in [2.24, 2.45) is 0 Å². The van der Waals surface area contributed by atoms with Crippen LogP contribution in [-0.2, 0) is 6.61 Å².